The SMILES string of the molecule is COc1ccc(CCN(C)C2(CN)CCC(C)CC2)cc1. The molecule has 0 aliphatic heterocycles. The largest absolute Gasteiger partial charge is 0.497 e. The van der Waals surface area contributed by atoms with Crippen LogP contribution in [0, 0.1) is 5.92 Å². The first-order valence-corrected chi connectivity index (χ1v) is 8.14. The molecule has 21 heavy (non-hydrogen) atoms. The van der Waals surface area contributed by atoms with E-state index in [-0.39, 0.29) is 5.54 Å². The van der Waals surface area contributed by atoms with Gasteiger partial charge in [-0.1, -0.05) is 19.1 Å². The second kappa shape index (κ2) is 7.28. The highest BCUT2D eigenvalue weighted by Gasteiger charge is 2.36. The molecule has 1 aliphatic carbocycles. The van der Waals surface area contributed by atoms with Crippen molar-refractivity contribution >= 4 is 0 Å². The van der Waals surface area contributed by atoms with E-state index in [2.05, 4.69) is 31.0 Å². The van der Waals surface area contributed by atoms with Gasteiger partial charge in [-0.15, -0.1) is 0 Å². The van der Waals surface area contributed by atoms with Crippen LogP contribution in [-0.2, 0) is 6.42 Å². The fourth-order valence-corrected chi connectivity index (χ4v) is 3.37. The van der Waals surface area contributed by atoms with Crippen LogP contribution in [0.25, 0.3) is 0 Å². The fraction of sp³-hybridized carbons (Fsp3) is 0.667. The molecule has 2 rings (SSSR count). The van der Waals surface area contributed by atoms with Crippen molar-refractivity contribution in [2.45, 2.75) is 44.6 Å². The Morgan fingerprint density at radius 2 is 1.86 bits per heavy atom. The Kier molecular flexibility index (Phi) is 5.65. The van der Waals surface area contributed by atoms with Crippen LogP contribution in [0.3, 0.4) is 0 Å². The Bertz CT molecular complexity index is 421. The van der Waals surface area contributed by atoms with Crippen molar-refractivity contribution in [3.8, 4) is 5.75 Å². The molecule has 1 fully saturated rings. The van der Waals surface area contributed by atoms with Crippen LogP contribution in [-0.4, -0.2) is 37.7 Å². The second-order valence-electron chi connectivity index (χ2n) is 6.63. The van der Waals surface area contributed by atoms with Crippen molar-refractivity contribution in [3.05, 3.63) is 29.8 Å². The molecule has 0 aromatic heterocycles. The van der Waals surface area contributed by atoms with E-state index in [0.29, 0.717) is 0 Å². The Balaban J connectivity index is 1.91. The molecule has 0 radical (unpaired) electrons. The van der Waals surface area contributed by atoms with Crippen LogP contribution in [0.1, 0.15) is 38.2 Å². The molecule has 2 N–H and O–H groups in total. The van der Waals surface area contributed by atoms with Crippen LogP contribution in [0.15, 0.2) is 24.3 Å². The minimum absolute atomic E-state index is 0.221. The zero-order chi connectivity index (χ0) is 15.3. The summed E-state index contributed by atoms with van der Waals surface area (Å²) >= 11 is 0. The van der Waals surface area contributed by atoms with Gasteiger partial charge in [-0.2, -0.15) is 0 Å². The molecule has 1 aromatic carbocycles. The first-order chi connectivity index (χ1) is 10.1. The summed E-state index contributed by atoms with van der Waals surface area (Å²) in [4.78, 5) is 2.50. The number of nitrogens with zero attached hydrogens (tertiary/aromatic N) is 1. The first-order valence-electron chi connectivity index (χ1n) is 8.14. The Morgan fingerprint density at radius 3 is 2.38 bits per heavy atom. The van der Waals surface area contributed by atoms with Crippen molar-refractivity contribution < 1.29 is 4.74 Å². The summed E-state index contributed by atoms with van der Waals surface area (Å²) in [5, 5.41) is 0. The van der Waals surface area contributed by atoms with Crippen LogP contribution < -0.4 is 10.5 Å². The standard InChI is InChI=1S/C18H30N2O/c1-15-8-11-18(14-19,12-9-15)20(2)13-10-16-4-6-17(21-3)7-5-16/h4-7,15H,8-14,19H2,1-3H3. The molecule has 1 aromatic rings. The first kappa shape index (κ1) is 16.3. The van der Waals surface area contributed by atoms with E-state index in [0.717, 1.165) is 31.2 Å². The molecular formula is C18H30N2O. The maximum atomic E-state index is 6.13. The summed E-state index contributed by atoms with van der Waals surface area (Å²) in [7, 11) is 3.95. The Labute approximate surface area is 129 Å². The lowest BCUT2D eigenvalue weighted by molar-refractivity contribution is 0.0689. The van der Waals surface area contributed by atoms with Gasteiger partial charge in [0.25, 0.3) is 0 Å². The van der Waals surface area contributed by atoms with Crippen molar-refractivity contribution in [2.75, 3.05) is 27.2 Å². The smallest absolute Gasteiger partial charge is 0.118 e. The Hall–Kier alpha value is -1.06. The summed E-state index contributed by atoms with van der Waals surface area (Å²) in [5.41, 5.74) is 7.71. The van der Waals surface area contributed by atoms with Crippen molar-refractivity contribution in [1.82, 2.24) is 4.90 Å². The van der Waals surface area contributed by atoms with E-state index in [4.69, 9.17) is 10.5 Å². The molecule has 0 heterocycles. The predicted octanol–water partition coefficient (Wildman–Crippen LogP) is 3.08. The van der Waals surface area contributed by atoms with Gasteiger partial charge >= 0.3 is 0 Å². The quantitative estimate of drug-likeness (QED) is 0.875. The zero-order valence-corrected chi connectivity index (χ0v) is 13.8. The average molecular weight is 290 g/mol. The van der Waals surface area contributed by atoms with Crippen molar-refractivity contribution in [1.29, 1.82) is 0 Å². The number of hydrogen-bond donors (Lipinski definition) is 1. The van der Waals surface area contributed by atoms with Crippen LogP contribution in [0.2, 0.25) is 0 Å². The molecule has 1 aliphatic rings. The lowest BCUT2D eigenvalue weighted by atomic mass is 9.76. The molecule has 0 unspecified atom stereocenters. The third kappa shape index (κ3) is 3.98. The maximum absolute atomic E-state index is 6.13. The van der Waals surface area contributed by atoms with Gasteiger partial charge in [0.05, 0.1) is 7.11 Å². The number of benzene rings is 1. The van der Waals surface area contributed by atoms with E-state index in [9.17, 15) is 0 Å². The highest BCUT2D eigenvalue weighted by molar-refractivity contribution is 5.27. The number of rotatable bonds is 6. The molecule has 118 valence electrons. The topological polar surface area (TPSA) is 38.5 Å². The lowest BCUT2D eigenvalue weighted by Gasteiger charge is -2.45. The average Bonchev–Trinajstić information content (AvgIpc) is 2.54. The van der Waals surface area contributed by atoms with Crippen LogP contribution in [0.4, 0.5) is 0 Å². The summed E-state index contributed by atoms with van der Waals surface area (Å²) < 4.78 is 5.21. The minimum Gasteiger partial charge on any atom is -0.497 e. The molecule has 0 saturated heterocycles. The van der Waals surface area contributed by atoms with E-state index >= 15 is 0 Å². The monoisotopic (exact) mass is 290 g/mol. The highest BCUT2D eigenvalue weighted by Crippen LogP contribution is 2.35. The van der Waals surface area contributed by atoms with Gasteiger partial charge in [-0.25, -0.2) is 0 Å². The van der Waals surface area contributed by atoms with Gasteiger partial charge in [0.2, 0.25) is 0 Å². The number of ether oxygens (including phenoxy) is 1. The number of likely N-dealkylation sites (N-methyl/N-ethyl adjacent to an activating group) is 1. The third-order valence-corrected chi connectivity index (χ3v) is 5.29. The molecule has 0 amide bonds. The van der Waals surface area contributed by atoms with E-state index in [1.54, 1.807) is 7.11 Å². The van der Waals surface area contributed by atoms with Gasteiger partial charge < -0.3 is 10.5 Å². The molecule has 0 spiro atoms. The predicted molar refractivity (Wildman–Crippen MR) is 88.7 cm³/mol. The van der Waals surface area contributed by atoms with Crippen molar-refractivity contribution in [3.63, 3.8) is 0 Å². The molecule has 3 nitrogen and oxygen atoms in total. The highest BCUT2D eigenvalue weighted by atomic mass is 16.5. The summed E-state index contributed by atoms with van der Waals surface area (Å²) in [6.07, 6.45) is 6.17. The van der Waals surface area contributed by atoms with Gasteiger partial charge in [-0.3, -0.25) is 4.90 Å². The van der Waals surface area contributed by atoms with Gasteiger partial charge in [0.15, 0.2) is 0 Å². The minimum atomic E-state index is 0.221. The van der Waals surface area contributed by atoms with Gasteiger partial charge in [0.1, 0.15) is 5.75 Å². The van der Waals surface area contributed by atoms with Gasteiger partial charge in [-0.05, 0) is 62.8 Å². The summed E-state index contributed by atoms with van der Waals surface area (Å²) in [6.45, 7) is 4.20. The number of hydrogen-bond acceptors (Lipinski definition) is 3. The number of nitrogens with two attached hydrogens (primary N) is 1. The molecule has 0 bridgehead atoms. The van der Waals surface area contributed by atoms with E-state index in [1.807, 2.05) is 12.1 Å². The normalized spacial score (nSPS) is 26.0. The lowest BCUT2D eigenvalue weighted by Crippen LogP contribution is -2.54. The van der Waals surface area contributed by atoms with Crippen LogP contribution in [0.5, 0.6) is 5.75 Å². The number of methoxy groups -OCH3 is 1. The molecular weight excluding hydrogens is 260 g/mol. The molecule has 1 saturated carbocycles. The van der Waals surface area contributed by atoms with Gasteiger partial charge in [0, 0.05) is 18.6 Å². The summed E-state index contributed by atoms with van der Waals surface area (Å²) in [6, 6.07) is 8.39. The maximum Gasteiger partial charge on any atom is 0.118 e. The summed E-state index contributed by atoms with van der Waals surface area (Å²) in [5.74, 6) is 1.78. The van der Waals surface area contributed by atoms with Crippen molar-refractivity contribution in [2.24, 2.45) is 11.7 Å². The fourth-order valence-electron chi connectivity index (χ4n) is 3.37. The zero-order valence-electron chi connectivity index (χ0n) is 13.8. The Morgan fingerprint density at radius 1 is 1.24 bits per heavy atom. The molecule has 0 atom stereocenters. The van der Waals surface area contributed by atoms with Crippen LogP contribution >= 0.6 is 0 Å². The molecule has 3 heteroatoms. The van der Waals surface area contributed by atoms with E-state index < -0.39 is 0 Å². The third-order valence-electron chi connectivity index (χ3n) is 5.29. The van der Waals surface area contributed by atoms with E-state index in [1.165, 1.54) is 31.2 Å². The second-order valence-corrected chi connectivity index (χ2v) is 6.63.